The number of aliphatic hydroxyl groups is 2. The molecule has 0 aromatic rings. The molecule has 1 rings (SSSR count). The van der Waals surface area contributed by atoms with E-state index < -0.39 is 5.54 Å². The highest BCUT2D eigenvalue weighted by Gasteiger charge is 2.25. The summed E-state index contributed by atoms with van der Waals surface area (Å²) in [7, 11) is 0. The molecule has 2 unspecified atom stereocenters. The third-order valence-electron chi connectivity index (χ3n) is 3.59. The van der Waals surface area contributed by atoms with Gasteiger partial charge in [-0.25, -0.2) is 0 Å². The molecule has 1 saturated heterocycles. The maximum absolute atomic E-state index is 9.25. The largest absolute Gasteiger partial charge is 0.394 e. The van der Waals surface area contributed by atoms with Gasteiger partial charge in [0.25, 0.3) is 0 Å². The van der Waals surface area contributed by atoms with Gasteiger partial charge in [-0.3, -0.25) is 0 Å². The zero-order chi connectivity index (χ0) is 12.7. The molecule has 0 aromatic heterocycles. The molecule has 0 radical (unpaired) electrons. The summed E-state index contributed by atoms with van der Waals surface area (Å²) < 4.78 is 0. The van der Waals surface area contributed by atoms with Crippen LogP contribution in [0.15, 0.2) is 0 Å². The Labute approximate surface area is 105 Å². The van der Waals surface area contributed by atoms with Crippen LogP contribution in [-0.2, 0) is 0 Å². The van der Waals surface area contributed by atoms with Crippen LogP contribution in [0.5, 0.6) is 0 Å². The quantitative estimate of drug-likeness (QED) is 0.553. The molecule has 0 amide bonds. The molecular formula is C13H28N2O2. The molecule has 4 N–H and O–H groups in total. The first-order chi connectivity index (χ1) is 8.09. The van der Waals surface area contributed by atoms with Crippen molar-refractivity contribution in [2.24, 2.45) is 0 Å². The van der Waals surface area contributed by atoms with Crippen LogP contribution in [0, 0.1) is 0 Å². The SMILES string of the molecule is CC(CC1CCCCCN1)NC(C)(CO)CO. The molecule has 0 spiro atoms. The predicted molar refractivity (Wildman–Crippen MR) is 70.1 cm³/mol. The first-order valence-electron chi connectivity index (χ1n) is 6.82. The lowest BCUT2D eigenvalue weighted by molar-refractivity contribution is 0.0932. The van der Waals surface area contributed by atoms with Gasteiger partial charge in [0.15, 0.2) is 0 Å². The minimum atomic E-state index is -0.565. The summed E-state index contributed by atoms with van der Waals surface area (Å²) >= 11 is 0. The summed E-state index contributed by atoms with van der Waals surface area (Å²) in [6, 6.07) is 0.872. The van der Waals surface area contributed by atoms with Crippen LogP contribution in [0.25, 0.3) is 0 Å². The first kappa shape index (κ1) is 14.9. The summed E-state index contributed by atoms with van der Waals surface area (Å²) in [5.41, 5.74) is -0.565. The van der Waals surface area contributed by atoms with E-state index in [-0.39, 0.29) is 13.2 Å². The molecule has 4 heteroatoms. The molecule has 2 atom stereocenters. The molecular weight excluding hydrogens is 216 g/mol. The summed E-state index contributed by atoms with van der Waals surface area (Å²) in [5.74, 6) is 0. The second kappa shape index (κ2) is 7.31. The molecule has 1 heterocycles. The minimum Gasteiger partial charge on any atom is -0.394 e. The Morgan fingerprint density at radius 2 is 2.00 bits per heavy atom. The third kappa shape index (κ3) is 5.34. The van der Waals surface area contributed by atoms with Gasteiger partial charge in [0.05, 0.1) is 18.8 Å². The van der Waals surface area contributed by atoms with Gasteiger partial charge < -0.3 is 20.8 Å². The van der Waals surface area contributed by atoms with Gasteiger partial charge in [-0.15, -0.1) is 0 Å². The van der Waals surface area contributed by atoms with Crippen molar-refractivity contribution in [1.29, 1.82) is 0 Å². The van der Waals surface area contributed by atoms with E-state index in [1.165, 1.54) is 25.7 Å². The number of aliphatic hydroxyl groups excluding tert-OH is 2. The van der Waals surface area contributed by atoms with Crippen molar-refractivity contribution in [3.63, 3.8) is 0 Å². The van der Waals surface area contributed by atoms with Crippen LogP contribution in [0.2, 0.25) is 0 Å². The molecule has 1 fully saturated rings. The third-order valence-corrected chi connectivity index (χ3v) is 3.59. The Balaban J connectivity index is 2.34. The summed E-state index contributed by atoms with van der Waals surface area (Å²) in [4.78, 5) is 0. The molecule has 102 valence electrons. The molecule has 1 aliphatic heterocycles. The highest BCUT2D eigenvalue weighted by Crippen LogP contribution is 2.14. The van der Waals surface area contributed by atoms with Crippen LogP contribution in [-0.4, -0.2) is 47.6 Å². The Morgan fingerprint density at radius 1 is 1.29 bits per heavy atom. The normalized spacial score (nSPS) is 24.4. The second-order valence-corrected chi connectivity index (χ2v) is 5.66. The highest BCUT2D eigenvalue weighted by molar-refractivity contribution is 4.86. The van der Waals surface area contributed by atoms with Gasteiger partial charge in [-0.2, -0.15) is 0 Å². The van der Waals surface area contributed by atoms with E-state index in [4.69, 9.17) is 0 Å². The summed E-state index contributed by atoms with van der Waals surface area (Å²) in [6.45, 7) is 5.02. The van der Waals surface area contributed by atoms with E-state index >= 15 is 0 Å². The second-order valence-electron chi connectivity index (χ2n) is 5.66. The van der Waals surface area contributed by atoms with E-state index in [1.54, 1.807) is 0 Å². The molecule has 0 aromatic carbocycles. The molecule has 0 bridgehead atoms. The van der Waals surface area contributed by atoms with Crippen LogP contribution in [0.4, 0.5) is 0 Å². The number of hydrogen-bond acceptors (Lipinski definition) is 4. The Hall–Kier alpha value is -0.160. The lowest BCUT2D eigenvalue weighted by Crippen LogP contribution is -2.53. The van der Waals surface area contributed by atoms with Gasteiger partial charge in [0, 0.05) is 12.1 Å². The predicted octanol–water partition coefficient (Wildman–Crippen LogP) is 0.630. The van der Waals surface area contributed by atoms with Crippen molar-refractivity contribution in [2.45, 2.75) is 63.6 Å². The molecule has 1 aliphatic rings. The van der Waals surface area contributed by atoms with Crippen LogP contribution in [0.1, 0.15) is 46.0 Å². The fourth-order valence-electron chi connectivity index (χ4n) is 2.52. The fraction of sp³-hybridized carbons (Fsp3) is 1.00. The molecule has 0 aliphatic carbocycles. The number of hydrogen-bond donors (Lipinski definition) is 4. The molecule has 0 saturated carbocycles. The van der Waals surface area contributed by atoms with Crippen molar-refractivity contribution in [3.05, 3.63) is 0 Å². The molecule has 17 heavy (non-hydrogen) atoms. The lowest BCUT2D eigenvalue weighted by atomic mass is 9.99. The maximum atomic E-state index is 9.25. The summed E-state index contributed by atoms with van der Waals surface area (Å²) in [6.07, 6.45) is 6.21. The zero-order valence-corrected chi connectivity index (χ0v) is 11.2. The number of nitrogens with one attached hydrogen (secondary N) is 2. The Morgan fingerprint density at radius 3 is 2.65 bits per heavy atom. The molecule has 4 nitrogen and oxygen atoms in total. The topological polar surface area (TPSA) is 64.5 Å². The van der Waals surface area contributed by atoms with E-state index in [2.05, 4.69) is 17.6 Å². The Bertz CT molecular complexity index is 200. The van der Waals surface area contributed by atoms with E-state index in [9.17, 15) is 10.2 Å². The van der Waals surface area contributed by atoms with Crippen molar-refractivity contribution in [1.82, 2.24) is 10.6 Å². The first-order valence-corrected chi connectivity index (χ1v) is 6.82. The van der Waals surface area contributed by atoms with Gasteiger partial charge in [0.2, 0.25) is 0 Å². The lowest BCUT2D eigenvalue weighted by Gasteiger charge is -2.32. The van der Waals surface area contributed by atoms with Crippen LogP contribution in [0.3, 0.4) is 0 Å². The van der Waals surface area contributed by atoms with Crippen molar-refractivity contribution in [3.8, 4) is 0 Å². The van der Waals surface area contributed by atoms with Gasteiger partial charge >= 0.3 is 0 Å². The van der Waals surface area contributed by atoms with Gasteiger partial charge in [-0.1, -0.05) is 12.8 Å². The van der Waals surface area contributed by atoms with Crippen LogP contribution < -0.4 is 10.6 Å². The highest BCUT2D eigenvalue weighted by atomic mass is 16.3. The average Bonchev–Trinajstić information content (AvgIpc) is 2.57. The summed E-state index contributed by atoms with van der Waals surface area (Å²) in [5, 5.41) is 25.4. The van der Waals surface area contributed by atoms with E-state index in [1.807, 2.05) is 6.92 Å². The smallest absolute Gasteiger partial charge is 0.0633 e. The fourth-order valence-corrected chi connectivity index (χ4v) is 2.52. The van der Waals surface area contributed by atoms with Gasteiger partial charge in [-0.05, 0) is 39.7 Å². The van der Waals surface area contributed by atoms with E-state index in [0.717, 1.165) is 13.0 Å². The Kier molecular flexibility index (Phi) is 6.41. The van der Waals surface area contributed by atoms with Crippen molar-refractivity contribution >= 4 is 0 Å². The van der Waals surface area contributed by atoms with Crippen LogP contribution >= 0.6 is 0 Å². The minimum absolute atomic E-state index is 0.0358. The maximum Gasteiger partial charge on any atom is 0.0633 e. The monoisotopic (exact) mass is 244 g/mol. The average molecular weight is 244 g/mol. The zero-order valence-electron chi connectivity index (χ0n) is 11.2. The van der Waals surface area contributed by atoms with Crippen molar-refractivity contribution in [2.75, 3.05) is 19.8 Å². The number of rotatable bonds is 6. The van der Waals surface area contributed by atoms with Gasteiger partial charge in [0.1, 0.15) is 0 Å². The van der Waals surface area contributed by atoms with E-state index in [0.29, 0.717) is 12.1 Å². The van der Waals surface area contributed by atoms with Crippen molar-refractivity contribution < 1.29 is 10.2 Å². The standard InChI is InChI=1S/C13H28N2O2/c1-11(15-13(2,9-16)10-17)8-12-6-4-3-5-7-14-12/h11-12,14-17H,3-10H2,1-2H3.